The molecule has 0 radical (unpaired) electrons. The number of allylic oxidation sites excluding steroid dienone is 14. The molecule has 0 heterocycles. The van der Waals surface area contributed by atoms with E-state index in [9.17, 15) is 19.0 Å². The van der Waals surface area contributed by atoms with Gasteiger partial charge in [-0.25, -0.2) is 0 Å². The molecule has 0 amide bonds. The summed E-state index contributed by atoms with van der Waals surface area (Å²) < 4.78 is 33.7. The third-order valence-electron chi connectivity index (χ3n) is 8.93. The maximum absolute atomic E-state index is 12.6. The minimum Gasteiger partial charge on any atom is -0.756 e. The molecule has 0 aromatic rings. The molecule has 0 bridgehead atoms. The Morgan fingerprint density at radius 1 is 0.552 bits per heavy atom. The largest absolute Gasteiger partial charge is 0.756 e. The van der Waals surface area contributed by atoms with Crippen molar-refractivity contribution in [2.75, 3.05) is 47.5 Å². The minimum atomic E-state index is -4.63. The molecule has 58 heavy (non-hydrogen) atoms. The van der Waals surface area contributed by atoms with E-state index in [1.54, 1.807) is 0 Å². The van der Waals surface area contributed by atoms with E-state index >= 15 is 0 Å². The average molecular weight is 832 g/mol. The standard InChI is InChI=1S/C48H82NO8P/c1-6-8-10-12-14-15-16-17-18-19-20-21-22-23-24-25-26-27-28-29-30-31-32-33-35-37-39-41-48(51)57-46(45-56-58(52,53)55-43-42-49(3,4)5)44-54-47(50)40-38-36-34-13-11-9-7-2/h8,10,14-15,17-18,20-21,23-24,26-27,29-30,46H,6-7,9,11-13,16,19,22,25,28,31-45H2,1-5H3/b10-8-,15-14-,18-17-,21-20-,24-23-,27-26-,30-29-. The maximum atomic E-state index is 12.6. The number of nitrogens with zero attached hydrogens (tertiary/aromatic N) is 1. The highest BCUT2D eigenvalue weighted by atomic mass is 31.2. The van der Waals surface area contributed by atoms with E-state index in [0.717, 1.165) is 103 Å². The zero-order valence-electron chi connectivity index (χ0n) is 37.2. The van der Waals surface area contributed by atoms with Crippen LogP contribution in [0.4, 0.5) is 0 Å². The first kappa shape index (κ1) is 55.2. The number of likely N-dealkylation sites (N-methyl/N-ethyl adjacent to an activating group) is 1. The first-order valence-corrected chi connectivity index (χ1v) is 23.8. The molecule has 2 unspecified atom stereocenters. The van der Waals surface area contributed by atoms with E-state index in [-0.39, 0.29) is 26.1 Å². The van der Waals surface area contributed by atoms with Gasteiger partial charge in [-0.15, -0.1) is 0 Å². The zero-order valence-corrected chi connectivity index (χ0v) is 38.1. The fraction of sp³-hybridized carbons (Fsp3) is 0.667. The molecule has 10 heteroatoms. The van der Waals surface area contributed by atoms with Crippen LogP contribution < -0.4 is 4.89 Å². The second-order valence-corrected chi connectivity index (χ2v) is 17.1. The van der Waals surface area contributed by atoms with E-state index < -0.39 is 32.5 Å². The van der Waals surface area contributed by atoms with E-state index in [4.69, 9.17) is 18.5 Å². The number of carbonyl (C=O) groups excluding carboxylic acids is 2. The van der Waals surface area contributed by atoms with Gasteiger partial charge in [-0.2, -0.15) is 0 Å². The molecular formula is C48H82NO8P. The van der Waals surface area contributed by atoms with Crippen LogP contribution in [-0.4, -0.2) is 70.0 Å². The van der Waals surface area contributed by atoms with E-state index in [0.29, 0.717) is 17.4 Å². The smallest absolute Gasteiger partial charge is 0.306 e. The van der Waals surface area contributed by atoms with Crippen molar-refractivity contribution in [3.05, 3.63) is 85.1 Å². The van der Waals surface area contributed by atoms with Crippen molar-refractivity contribution in [1.82, 2.24) is 0 Å². The number of hydrogen-bond acceptors (Lipinski definition) is 8. The van der Waals surface area contributed by atoms with Gasteiger partial charge in [0.2, 0.25) is 0 Å². The molecular weight excluding hydrogens is 750 g/mol. The number of carbonyl (C=O) groups is 2. The van der Waals surface area contributed by atoms with Gasteiger partial charge in [0.15, 0.2) is 6.10 Å². The van der Waals surface area contributed by atoms with Crippen molar-refractivity contribution < 1.29 is 42.1 Å². The molecule has 0 aliphatic rings. The summed E-state index contributed by atoms with van der Waals surface area (Å²) in [7, 11) is 1.14. The van der Waals surface area contributed by atoms with Gasteiger partial charge in [0.1, 0.15) is 19.8 Å². The number of quaternary nitrogens is 1. The molecule has 2 atom stereocenters. The van der Waals surface area contributed by atoms with Gasteiger partial charge in [0.05, 0.1) is 27.7 Å². The quantitative estimate of drug-likeness (QED) is 0.0198. The normalized spacial score (nSPS) is 14.4. The Balaban J connectivity index is 4.25. The van der Waals surface area contributed by atoms with Gasteiger partial charge in [-0.3, -0.25) is 14.2 Å². The van der Waals surface area contributed by atoms with Crippen molar-refractivity contribution in [1.29, 1.82) is 0 Å². The molecule has 0 spiro atoms. The van der Waals surface area contributed by atoms with Crippen LogP contribution in [0.1, 0.15) is 155 Å². The lowest BCUT2D eigenvalue weighted by Gasteiger charge is -2.28. The Morgan fingerprint density at radius 3 is 1.47 bits per heavy atom. The van der Waals surface area contributed by atoms with Gasteiger partial charge < -0.3 is 27.9 Å². The second-order valence-electron chi connectivity index (χ2n) is 15.7. The topological polar surface area (TPSA) is 111 Å². The summed E-state index contributed by atoms with van der Waals surface area (Å²) in [6.45, 7) is 4.01. The van der Waals surface area contributed by atoms with Crippen LogP contribution >= 0.6 is 7.82 Å². The highest BCUT2D eigenvalue weighted by Gasteiger charge is 2.21. The molecule has 0 saturated carbocycles. The third kappa shape index (κ3) is 42.8. The number of unbranched alkanes of at least 4 members (excludes halogenated alkanes) is 11. The van der Waals surface area contributed by atoms with Crippen LogP contribution in [0.2, 0.25) is 0 Å². The van der Waals surface area contributed by atoms with Crippen molar-refractivity contribution in [3.63, 3.8) is 0 Å². The van der Waals surface area contributed by atoms with Gasteiger partial charge >= 0.3 is 11.9 Å². The highest BCUT2D eigenvalue weighted by molar-refractivity contribution is 7.45. The summed E-state index contributed by atoms with van der Waals surface area (Å²) in [4.78, 5) is 37.3. The highest BCUT2D eigenvalue weighted by Crippen LogP contribution is 2.38. The second kappa shape index (κ2) is 39.6. The average Bonchev–Trinajstić information content (AvgIpc) is 3.17. The van der Waals surface area contributed by atoms with Gasteiger partial charge in [0, 0.05) is 12.8 Å². The van der Waals surface area contributed by atoms with Crippen LogP contribution in [0, 0.1) is 0 Å². The fourth-order valence-corrected chi connectivity index (χ4v) is 6.18. The lowest BCUT2D eigenvalue weighted by Crippen LogP contribution is -2.37. The van der Waals surface area contributed by atoms with Crippen molar-refractivity contribution >= 4 is 19.8 Å². The Kier molecular flexibility index (Phi) is 37.7. The zero-order chi connectivity index (χ0) is 42.8. The lowest BCUT2D eigenvalue weighted by molar-refractivity contribution is -0.870. The summed E-state index contributed by atoms with van der Waals surface area (Å²) >= 11 is 0. The summed E-state index contributed by atoms with van der Waals surface area (Å²) in [6.07, 6.45) is 50.7. The first-order valence-electron chi connectivity index (χ1n) is 22.3. The Morgan fingerprint density at radius 2 is 0.983 bits per heavy atom. The summed E-state index contributed by atoms with van der Waals surface area (Å²) in [5.74, 6) is -0.872. The predicted molar refractivity (Wildman–Crippen MR) is 240 cm³/mol. The van der Waals surface area contributed by atoms with Crippen LogP contribution in [0.15, 0.2) is 85.1 Å². The molecule has 0 aliphatic carbocycles. The molecule has 0 fully saturated rings. The van der Waals surface area contributed by atoms with Crippen LogP contribution in [0.3, 0.4) is 0 Å². The molecule has 332 valence electrons. The summed E-state index contributed by atoms with van der Waals surface area (Å²) in [6, 6.07) is 0. The molecule has 0 saturated heterocycles. The third-order valence-corrected chi connectivity index (χ3v) is 9.89. The Bertz CT molecular complexity index is 1260. The van der Waals surface area contributed by atoms with Crippen molar-refractivity contribution in [3.8, 4) is 0 Å². The molecule has 9 nitrogen and oxygen atoms in total. The lowest BCUT2D eigenvalue weighted by atomic mass is 10.1. The molecule has 0 aliphatic heterocycles. The minimum absolute atomic E-state index is 0.0389. The van der Waals surface area contributed by atoms with Gasteiger partial charge in [-0.1, -0.05) is 157 Å². The molecule has 0 aromatic heterocycles. The Hall–Kier alpha value is -2.81. The number of esters is 2. The number of hydrogen-bond donors (Lipinski definition) is 0. The number of phosphoric acid groups is 1. The number of rotatable bonds is 39. The van der Waals surface area contributed by atoms with Crippen LogP contribution in [0.25, 0.3) is 0 Å². The maximum Gasteiger partial charge on any atom is 0.306 e. The van der Waals surface area contributed by atoms with Crippen LogP contribution in [0.5, 0.6) is 0 Å². The molecule has 0 N–H and O–H groups in total. The van der Waals surface area contributed by atoms with E-state index in [1.165, 1.54) is 19.3 Å². The number of phosphoric ester groups is 1. The Labute approximate surface area is 354 Å². The van der Waals surface area contributed by atoms with Crippen molar-refractivity contribution in [2.24, 2.45) is 0 Å². The predicted octanol–water partition coefficient (Wildman–Crippen LogP) is 12.2. The summed E-state index contributed by atoms with van der Waals surface area (Å²) in [5.41, 5.74) is 0. The fourth-order valence-electron chi connectivity index (χ4n) is 5.46. The van der Waals surface area contributed by atoms with E-state index in [2.05, 4.69) is 98.9 Å². The SMILES string of the molecule is CC/C=C\C/C=C\C/C=C\C/C=C\C/C=C\C/C=C\C/C=C\CCCCCCCC(=O)OC(COC(=O)CCCCCCCCC)COP(=O)([O-])OCC[N+](C)(C)C. The number of ether oxygens (including phenoxy) is 2. The molecule has 0 aromatic carbocycles. The first-order chi connectivity index (χ1) is 28.0. The molecule has 0 rings (SSSR count). The van der Waals surface area contributed by atoms with Gasteiger partial charge in [-0.05, 0) is 70.6 Å². The van der Waals surface area contributed by atoms with Crippen molar-refractivity contribution in [2.45, 2.75) is 161 Å². The monoisotopic (exact) mass is 832 g/mol. The summed E-state index contributed by atoms with van der Waals surface area (Å²) in [5, 5.41) is 0. The van der Waals surface area contributed by atoms with Gasteiger partial charge in [0.25, 0.3) is 7.82 Å². The van der Waals surface area contributed by atoms with E-state index in [1.807, 2.05) is 21.1 Å². The van der Waals surface area contributed by atoms with Crippen LogP contribution in [-0.2, 0) is 32.7 Å².